The SMILES string of the molecule is CO[C@@H]1CCOC[C@H]1N(Cc1ccc(-c2c(F)cncc2F)cn1)C(=O)c1cc2nc(N)c3c(c2[nH]1)COCC3. The lowest BCUT2D eigenvalue weighted by molar-refractivity contribution is -0.0716. The molecule has 1 amide bonds. The molecule has 0 spiro atoms. The van der Waals surface area contributed by atoms with Crippen LogP contribution >= 0.6 is 0 Å². The maximum Gasteiger partial charge on any atom is 0.271 e. The largest absolute Gasteiger partial charge is 0.383 e. The van der Waals surface area contributed by atoms with Crippen molar-refractivity contribution in [3.05, 3.63) is 70.9 Å². The van der Waals surface area contributed by atoms with Gasteiger partial charge in [-0.05, 0) is 25.0 Å². The van der Waals surface area contributed by atoms with Crippen LogP contribution in [0.4, 0.5) is 14.6 Å². The molecule has 12 heteroatoms. The number of nitrogens with zero attached hydrogens (tertiary/aromatic N) is 4. The van der Waals surface area contributed by atoms with Gasteiger partial charge in [-0.25, -0.2) is 13.8 Å². The van der Waals surface area contributed by atoms with E-state index in [9.17, 15) is 13.6 Å². The highest BCUT2D eigenvalue weighted by Crippen LogP contribution is 2.31. The van der Waals surface area contributed by atoms with Crippen LogP contribution < -0.4 is 5.73 Å². The van der Waals surface area contributed by atoms with Gasteiger partial charge in [-0.2, -0.15) is 0 Å². The van der Waals surface area contributed by atoms with Gasteiger partial charge < -0.3 is 29.8 Å². The predicted molar refractivity (Wildman–Crippen MR) is 141 cm³/mol. The molecule has 0 unspecified atom stereocenters. The summed E-state index contributed by atoms with van der Waals surface area (Å²) in [6, 6.07) is 4.50. The standard InChI is InChI=1S/C28H28F2N6O4/c1-38-24-5-7-40-14-23(24)36(12-16-3-2-15(9-33-16)25-19(29)10-32-11-20(25)30)28(37)22-8-21-26(34-22)18-13-39-6-4-17(18)27(31)35-21/h2-3,8-11,23-24,34H,4-7,12-14H2,1H3,(H2,31,35)/t23-,24-/m1/s1. The summed E-state index contributed by atoms with van der Waals surface area (Å²) in [5, 5.41) is 0. The molecule has 4 aromatic rings. The third-order valence-corrected chi connectivity index (χ3v) is 7.51. The molecule has 10 nitrogen and oxygen atoms in total. The second kappa shape index (κ2) is 10.9. The third-order valence-electron chi connectivity index (χ3n) is 7.51. The second-order valence-corrected chi connectivity index (χ2v) is 9.85. The van der Waals surface area contributed by atoms with Gasteiger partial charge in [-0.15, -0.1) is 0 Å². The van der Waals surface area contributed by atoms with Gasteiger partial charge in [0.1, 0.15) is 11.5 Å². The Morgan fingerprint density at radius 3 is 2.75 bits per heavy atom. The number of carbonyl (C=O) groups is 1. The molecular weight excluding hydrogens is 522 g/mol. The predicted octanol–water partition coefficient (Wildman–Crippen LogP) is 3.40. The lowest BCUT2D eigenvalue weighted by Gasteiger charge is -2.38. The Morgan fingerprint density at radius 2 is 2.00 bits per heavy atom. The number of amides is 1. The number of hydrogen-bond acceptors (Lipinski definition) is 8. The molecular formula is C28H28F2N6O4. The number of methoxy groups -OCH3 is 1. The van der Waals surface area contributed by atoms with E-state index < -0.39 is 17.7 Å². The molecule has 0 bridgehead atoms. The topological polar surface area (TPSA) is 128 Å². The number of fused-ring (bicyclic) bond motifs is 3. The summed E-state index contributed by atoms with van der Waals surface area (Å²) < 4.78 is 45.6. The van der Waals surface area contributed by atoms with Crippen LogP contribution in [-0.2, 0) is 33.8 Å². The zero-order valence-electron chi connectivity index (χ0n) is 21.8. The van der Waals surface area contributed by atoms with E-state index in [0.29, 0.717) is 55.4 Å². The summed E-state index contributed by atoms with van der Waals surface area (Å²) in [5.41, 5.74) is 10.3. The maximum atomic E-state index is 14.2. The molecule has 1 fully saturated rings. The quantitative estimate of drug-likeness (QED) is 0.374. The highest BCUT2D eigenvalue weighted by molar-refractivity contribution is 5.98. The van der Waals surface area contributed by atoms with E-state index in [1.54, 1.807) is 30.2 Å². The number of ether oxygens (including phenoxy) is 3. The van der Waals surface area contributed by atoms with Crippen LogP contribution in [0.3, 0.4) is 0 Å². The van der Waals surface area contributed by atoms with Crippen molar-refractivity contribution >= 4 is 22.8 Å². The smallest absolute Gasteiger partial charge is 0.271 e. The fraction of sp³-hybridized carbons (Fsp3) is 0.357. The molecule has 6 heterocycles. The molecule has 3 N–H and O–H groups in total. The third kappa shape index (κ3) is 4.78. The monoisotopic (exact) mass is 550 g/mol. The molecule has 1 saturated heterocycles. The number of aromatic amines is 1. The van der Waals surface area contributed by atoms with E-state index >= 15 is 0 Å². The minimum Gasteiger partial charge on any atom is -0.383 e. The van der Waals surface area contributed by atoms with E-state index in [-0.39, 0.29) is 36.3 Å². The minimum absolute atomic E-state index is 0.112. The fourth-order valence-corrected chi connectivity index (χ4v) is 5.46. The van der Waals surface area contributed by atoms with Crippen molar-refractivity contribution in [3.8, 4) is 11.1 Å². The Morgan fingerprint density at radius 1 is 1.18 bits per heavy atom. The number of carbonyl (C=O) groups excluding carboxylic acids is 1. The van der Waals surface area contributed by atoms with E-state index in [1.807, 2.05) is 0 Å². The lowest BCUT2D eigenvalue weighted by atomic mass is 10.0. The molecule has 0 saturated carbocycles. The van der Waals surface area contributed by atoms with Gasteiger partial charge in [0.25, 0.3) is 5.91 Å². The van der Waals surface area contributed by atoms with Crippen LogP contribution in [0, 0.1) is 11.6 Å². The molecule has 2 aliphatic heterocycles. The number of nitrogen functional groups attached to an aromatic ring is 1. The van der Waals surface area contributed by atoms with Gasteiger partial charge in [-0.1, -0.05) is 6.07 Å². The minimum atomic E-state index is -0.783. The van der Waals surface area contributed by atoms with Crippen molar-refractivity contribution in [1.82, 2.24) is 24.8 Å². The van der Waals surface area contributed by atoms with Gasteiger partial charge in [0.05, 0.1) is 73.2 Å². The van der Waals surface area contributed by atoms with Crippen LogP contribution in [0.2, 0.25) is 0 Å². The summed E-state index contributed by atoms with van der Waals surface area (Å²) >= 11 is 0. The Labute approximate surface area is 228 Å². The van der Waals surface area contributed by atoms with Gasteiger partial charge >= 0.3 is 0 Å². The van der Waals surface area contributed by atoms with Gasteiger partial charge in [0, 0.05) is 36.6 Å². The average molecular weight is 551 g/mol. The Kier molecular flexibility index (Phi) is 7.13. The summed E-state index contributed by atoms with van der Waals surface area (Å²) in [4.78, 5) is 31.5. The number of aromatic nitrogens is 4. The highest BCUT2D eigenvalue weighted by atomic mass is 19.1. The summed E-state index contributed by atoms with van der Waals surface area (Å²) in [6.07, 6.45) is 4.30. The van der Waals surface area contributed by atoms with Gasteiger partial charge in [0.2, 0.25) is 0 Å². The van der Waals surface area contributed by atoms with Crippen LogP contribution in [0.25, 0.3) is 22.2 Å². The molecule has 208 valence electrons. The number of pyridine rings is 3. The number of nitrogens with two attached hydrogens (primary N) is 1. The maximum absolute atomic E-state index is 14.2. The number of H-pyrrole nitrogens is 1. The lowest BCUT2D eigenvalue weighted by Crippen LogP contribution is -2.52. The number of nitrogens with one attached hydrogen (secondary N) is 1. The summed E-state index contributed by atoms with van der Waals surface area (Å²) in [7, 11) is 1.61. The van der Waals surface area contributed by atoms with Crippen molar-refractivity contribution in [1.29, 1.82) is 0 Å². The molecule has 4 aromatic heterocycles. The van der Waals surface area contributed by atoms with Crippen molar-refractivity contribution in [2.24, 2.45) is 0 Å². The molecule has 2 aliphatic rings. The highest BCUT2D eigenvalue weighted by Gasteiger charge is 2.35. The first-order valence-corrected chi connectivity index (χ1v) is 13.0. The first-order valence-electron chi connectivity index (χ1n) is 13.0. The van der Waals surface area contributed by atoms with Gasteiger partial charge in [0.15, 0.2) is 11.6 Å². The summed E-state index contributed by atoms with van der Waals surface area (Å²) in [5.74, 6) is -1.42. The number of rotatable bonds is 6. The fourth-order valence-electron chi connectivity index (χ4n) is 5.46. The second-order valence-electron chi connectivity index (χ2n) is 9.85. The van der Waals surface area contributed by atoms with E-state index in [0.717, 1.165) is 29.0 Å². The molecule has 0 aliphatic carbocycles. The van der Waals surface area contributed by atoms with Crippen LogP contribution in [0.15, 0.2) is 36.8 Å². The van der Waals surface area contributed by atoms with E-state index in [1.165, 1.54) is 6.20 Å². The molecule has 0 radical (unpaired) electrons. The van der Waals surface area contributed by atoms with E-state index in [4.69, 9.17) is 19.9 Å². The first kappa shape index (κ1) is 26.2. The van der Waals surface area contributed by atoms with Crippen molar-refractivity contribution < 1.29 is 27.8 Å². The molecule has 40 heavy (non-hydrogen) atoms. The number of hydrogen-bond donors (Lipinski definition) is 2. The van der Waals surface area contributed by atoms with Crippen molar-refractivity contribution in [2.45, 2.75) is 38.1 Å². The Bertz CT molecular complexity index is 1540. The number of anilines is 1. The zero-order chi connectivity index (χ0) is 27.8. The zero-order valence-corrected chi connectivity index (χ0v) is 21.8. The number of halogens is 2. The molecule has 6 rings (SSSR count). The normalized spacial score (nSPS) is 19.0. The summed E-state index contributed by atoms with van der Waals surface area (Å²) in [6.45, 7) is 1.87. The Hall–Kier alpha value is -4.00. The van der Waals surface area contributed by atoms with Gasteiger partial charge in [-0.3, -0.25) is 14.8 Å². The van der Waals surface area contributed by atoms with Crippen molar-refractivity contribution in [3.63, 3.8) is 0 Å². The Balaban J connectivity index is 1.35. The van der Waals surface area contributed by atoms with Crippen LogP contribution in [0.5, 0.6) is 0 Å². The van der Waals surface area contributed by atoms with Crippen LogP contribution in [0.1, 0.15) is 33.7 Å². The van der Waals surface area contributed by atoms with Crippen molar-refractivity contribution in [2.75, 3.05) is 32.7 Å². The van der Waals surface area contributed by atoms with E-state index in [2.05, 4.69) is 19.9 Å². The first-order chi connectivity index (χ1) is 19.4. The molecule has 0 aromatic carbocycles. The average Bonchev–Trinajstić information content (AvgIpc) is 3.41. The molecule has 2 atom stereocenters. The van der Waals surface area contributed by atoms with Crippen LogP contribution in [-0.4, -0.2) is 69.8 Å².